The summed E-state index contributed by atoms with van der Waals surface area (Å²) in [5, 5.41) is 11.5. The Labute approximate surface area is 200 Å². The number of guanidine groups is 1. The highest BCUT2D eigenvalue weighted by atomic mass is 16.5. The molecule has 0 saturated heterocycles. The Morgan fingerprint density at radius 3 is 2.18 bits per heavy atom. The Bertz CT molecular complexity index is 725. The number of unbranched alkanes of at least 4 members (excludes halogenated alkanes) is 8. The molecule has 0 aromatic heterocycles. The second-order valence-corrected chi connectivity index (χ2v) is 8.83. The van der Waals surface area contributed by atoms with E-state index >= 15 is 0 Å². The maximum Gasteiger partial charge on any atom is 0.185 e. The van der Waals surface area contributed by atoms with Gasteiger partial charge in [-0.15, -0.1) is 0 Å². The summed E-state index contributed by atoms with van der Waals surface area (Å²) >= 11 is 0. The average Bonchev–Trinajstić information content (AvgIpc) is 2.83. The number of nitrogens with two attached hydrogens (primary N) is 2. The fourth-order valence-corrected chi connectivity index (χ4v) is 3.91. The molecule has 1 aromatic carbocycles. The molecule has 1 aliphatic rings. The van der Waals surface area contributed by atoms with Crippen LogP contribution in [0.2, 0.25) is 0 Å². The van der Waals surface area contributed by atoms with E-state index in [1.165, 1.54) is 32.1 Å². The summed E-state index contributed by atoms with van der Waals surface area (Å²) in [6.07, 6.45) is 14.6. The van der Waals surface area contributed by atoms with Gasteiger partial charge in [0.1, 0.15) is 11.6 Å². The van der Waals surface area contributed by atoms with Crippen LogP contribution in [0.4, 0.5) is 0 Å². The molecule has 0 amide bonds. The van der Waals surface area contributed by atoms with Crippen LogP contribution in [-0.4, -0.2) is 43.7 Å². The van der Waals surface area contributed by atoms with Crippen LogP contribution in [0.5, 0.6) is 5.75 Å². The van der Waals surface area contributed by atoms with E-state index in [4.69, 9.17) is 21.6 Å². The minimum atomic E-state index is 0.190. The minimum absolute atomic E-state index is 0.190. The maximum atomic E-state index is 8.16. The van der Waals surface area contributed by atoms with Crippen molar-refractivity contribution >= 4 is 17.5 Å². The topological polar surface area (TPSA) is 122 Å². The van der Waals surface area contributed by atoms with Gasteiger partial charge in [0.25, 0.3) is 0 Å². The molecule has 0 bridgehead atoms. The summed E-state index contributed by atoms with van der Waals surface area (Å²) in [5.41, 5.74) is 12.7. The van der Waals surface area contributed by atoms with Crippen LogP contribution in [0, 0.1) is 5.41 Å². The first kappa shape index (κ1) is 26.7. The quantitative estimate of drug-likeness (QED) is 0.144. The molecule has 0 saturated carbocycles. The van der Waals surface area contributed by atoms with Gasteiger partial charge in [-0.25, -0.2) is 0 Å². The van der Waals surface area contributed by atoms with E-state index in [-0.39, 0.29) is 5.96 Å². The maximum absolute atomic E-state index is 8.16. The van der Waals surface area contributed by atoms with E-state index in [2.05, 4.69) is 27.4 Å². The van der Waals surface area contributed by atoms with Crippen molar-refractivity contribution in [1.29, 1.82) is 5.41 Å². The van der Waals surface area contributed by atoms with Crippen molar-refractivity contribution < 1.29 is 4.74 Å². The Morgan fingerprint density at radius 2 is 1.55 bits per heavy atom. The van der Waals surface area contributed by atoms with Crippen LogP contribution < -0.4 is 21.5 Å². The first-order valence-corrected chi connectivity index (χ1v) is 12.8. The number of nitrogens with one attached hydrogen (secondary N) is 2. The van der Waals surface area contributed by atoms with Crippen molar-refractivity contribution in [2.45, 2.75) is 83.5 Å². The van der Waals surface area contributed by atoms with Gasteiger partial charge in [-0.1, -0.05) is 32.1 Å². The average molecular weight is 457 g/mol. The number of hydrogen-bond acceptors (Lipinski definition) is 5. The molecule has 0 atom stereocenters. The molecule has 7 heteroatoms. The van der Waals surface area contributed by atoms with Crippen molar-refractivity contribution in [1.82, 2.24) is 5.32 Å². The highest BCUT2D eigenvalue weighted by Gasteiger charge is 2.06. The number of aliphatic imine (C=N–C) groups is 2. The van der Waals surface area contributed by atoms with Crippen LogP contribution in [0.3, 0.4) is 0 Å². The molecule has 2 rings (SSSR count). The van der Waals surface area contributed by atoms with Gasteiger partial charge in [-0.2, -0.15) is 0 Å². The van der Waals surface area contributed by atoms with Gasteiger partial charge in [0.15, 0.2) is 5.96 Å². The van der Waals surface area contributed by atoms with Crippen LogP contribution in [0.25, 0.3) is 0 Å². The Hall–Kier alpha value is -2.57. The standard InChI is InChI=1S/C26H44N6O/c27-23(12-7-4-2-1-3-5-9-18-32-26(28)29)13-8-6-10-21-33-24-16-14-22(15-17-24)25-30-19-11-20-31-25/h14-17,27H,1-13,18-21H2,(H,30,31)(H4,28,29,32). The third-order valence-corrected chi connectivity index (χ3v) is 5.85. The molecule has 7 nitrogen and oxygen atoms in total. The second-order valence-electron chi connectivity index (χ2n) is 8.83. The van der Waals surface area contributed by atoms with Gasteiger partial charge >= 0.3 is 0 Å². The summed E-state index contributed by atoms with van der Waals surface area (Å²) in [6.45, 7) is 3.38. The first-order valence-electron chi connectivity index (χ1n) is 12.8. The summed E-state index contributed by atoms with van der Waals surface area (Å²) in [6, 6.07) is 8.19. The molecule has 0 fully saturated rings. The molecule has 1 aromatic rings. The van der Waals surface area contributed by atoms with E-state index in [0.717, 1.165) is 100 Å². The highest BCUT2D eigenvalue weighted by molar-refractivity contribution is 5.99. The molecular formula is C26H44N6O. The summed E-state index contributed by atoms with van der Waals surface area (Å²) in [7, 11) is 0. The molecule has 184 valence electrons. The molecular weight excluding hydrogens is 412 g/mol. The lowest BCUT2D eigenvalue weighted by atomic mass is 10.0. The molecule has 0 unspecified atom stereocenters. The van der Waals surface area contributed by atoms with Gasteiger partial charge in [-0.05, 0) is 75.6 Å². The highest BCUT2D eigenvalue weighted by Crippen LogP contribution is 2.15. The first-order chi connectivity index (χ1) is 16.1. The molecule has 6 N–H and O–H groups in total. The zero-order valence-corrected chi connectivity index (χ0v) is 20.3. The Kier molecular flexibility index (Phi) is 13.7. The van der Waals surface area contributed by atoms with Crippen molar-refractivity contribution in [3.63, 3.8) is 0 Å². The molecule has 0 aliphatic carbocycles. The lowest BCUT2D eigenvalue weighted by molar-refractivity contribution is 0.305. The Morgan fingerprint density at radius 1 is 0.909 bits per heavy atom. The number of benzene rings is 1. The summed E-state index contributed by atoms with van der Waals surface area (Å²) < 4.78 is 5.87. The fourth-order valence-electron chi connectivity index (χ4n) is 3.91. The third-order valence-electron chi connectivity index (χ3n) is 5.85. The number of amidine groups is 1. The fraction of sp³-hybridized carbons (Fsp3) is 0.654. The van der Waals surface area contributed by atoms with Gasteiger partial charge < -0.3 is 26.9 Å². The van der Waals surface area contributed by atoms with Gasteiger partial charge in [0.05, 0.1) is 6.61 Å². The van der Waals surface area contributed by atoms with Crippen molar-refractivity contribution in [3.8, 4) is 5.75 Å². The van der Waals surface area contributed by atoms with Crippen molar-refractivity contribution in [3.05, 3.63) is 29.8 Å². The number of rotatable bonds is 18. The van der Waals surface area contributed by atoms with Crippen molar-refractivity contribution in [2.24, 2.45) is 21.5 Å². The molecule has 0 spiro atoms. The van der Waals surface area contributed by atoms with E-state index in [9.17, 15) is 0 Å². The van der Waals surface area contributed by atoms with Gasteiger partial charge in [-0.3, -0.25) is 9.98 Å². The van der Waals surface area contributed by atoms with Crippen LogP contribution >= 0.6 is 0 Å². The predicted octanol–water partition coefficient (Wildman–Crippen LogP) is 4.78. The zero-order valence-electron chi connectivity index (χ0n) is 20.3. The Balaban J connectivity index is 1.39. The largest absolute Gasteiger partial charge is 0.494 e. The third kappa shape index (κ3) is 12.9. The van der Waals surface area contributed by atoms with Crippen LogP contribution in [0.15, 0.2) is 34.3 Å². The molecule has 1 heterocycles. The normalized spacial score (nSPS) is 13.2. The van der Waals surface area contributed by atoms with Crippen LogP contribution in [-0.2, 0) is 0 Å². The molecule has 0 radical (unpaired) electrons. The smallest absolute Gasteiger partial charge is 0.185 e. The van der Waals surface area contributed by atoms with E-state index < -0.39 is 0 Å². The zero-order chi connectivity index (χ0) is 23.6. The number of ether oxygens (including phenoxy) is 1. The SMILES string of the molecule is N=C(CCCCCCCCCN=C(N)N)CCCCCOc1ccc(C2=NCCCN2)cc1. The molecule has 33 heavy (non-hydrogen) atoms. The minimum Gasteiger partial charge on any atom is -0.494 e. The lowest BCUT2D eigenvalue weighted by Gasteiger charge is -2.15. The number of hydrogen-bond donors (Lipinski definition) is 4. The van der Waals surface area contributed by atoms with E-state index in [1.807, 2.05) is 12.1 Å². The molecule has 1 aliphatic heterocycles. The summed E-state index contributed by atoms with van der Waals surface area (Å²) in [5.74, 6) is 2.10. The van der Waals surface area contributed by atoms with Crippen LogP contribution in [0.1, 0.15) is 89.0 Å². The van der Waals surface area contributed by atoms with E-state index in [0.29, 0.717) is 0 Å². The predicted molar refractivity (Wildman–Crippen MR) is 140 cm³/mol. The van der Waals surface area contributed by atoms with Gasteiger partial charge in [0, 0.05) is 30.9 Å². The monoisotopic (exact) mass is 456 g/mol. The van der Waals surface area contributed by atoms with E-state index in [1.54, 1.807) is 0 Å². The lowest BCUT2D eigenvalue weighted by Crippen LogP contribution is -2.30. The van der Waals surface area contributed by atoms with Gasteiger partial charge in [0.2, 0.25) is 0 Å². The number of nitrogens with zero attached hydrogens (tertiary/aromatic N) is 2. The van der Waals surface area contributed by atoms with Crippen molar-refractivity contribution in [2.75, 3.05) is 26.2 Å². The second kappa shape index (κ2) is 17.0. The summed E-state index contributed by atoms with van der Waals surface area (Å²) in [4.78, 5) is 8.52.